The number of ether oxygens (including phenoxy) is 1. The molecule has 1 heterocycles. The number of thiazole rings is 1. The van der Waals surface area contributed by atoms with Crippen LogP contribution in [0, 0.1) is 11.3 Å². The largest absolute Gasteiger partial charge is 0.462 e. The Morgan fingerprint density at radius 3 is 2.52 bits per heavy atom. The minimum Gasteiger partial charge on any atom is -0.462 e. The number of hydrogen-bond donors (Lipinski definition) is 1. The van der Waals surface area contributed by atoms with Gasteiger partial charge in [-0.25, -0.2) is 9.78 Å². The molecule has 0 bridgehead atoms. The summed E-state index contributed by atoms with van der Waals surface area (Å²) in [5, 5.41) is 15.2. The molecule has 146 valence electrons. The van der Waals surface area contributed by atoms with E-state index in [1.54, 1.807) is 37.4 Å². The minimum absolute atomic E-state index is 0.339. The number of carbonyl (C=O) groups is 1. The number of allylic oxidation sites excluding steroid dienone is 1. The van der Waals surface area contributed by atoms with E-state index in [4.69, 9.17) is 4.74 Å². The third-order valence-corrected chi connectivity index (χ3v) is 5.17. The van der Waals surface area contributed by atoms with Gasteiger partial charge in [-0.15, -0.1) is 11.3 Å². The number of nitrogens with one attached hydrogen (secondary N) is 1. The zero-order chi connectivity index (χ0) is 20.6. The first-order valence-corrected chi connectivity index (χ1v) is 10.2. The normalized spacial score (nSPS) is 11.0. The Bertz CT molecular complexity index is 1040. The fraction of sp³-hybridized carbons (Fsp3) is 0.174. The molecular weight excluding hydrogens is 382 g/mol. The van der Waals surface area contributed by atoms with Gasteiger partial charge in [0.05, 0.1) is 17.9 Å². The molecule has 2 aromatic carbocycles. The van der Waals surface area contributed by atoms with E-state index in [-0.39, 0.29) is 5.97 Å². The Kier molecular flexibility index (Phi) is 6.77. The quantitative estimate of drug-likeness (QED) is 0.415. The Morgan fingerprint density at radius 1 is 1.17 bits per heavy atom. The highest BCUT2D eigenvalue weighted by molar-refractivity contribution is 7.11. The van der Waals surface area contributed by atoms with E-state index >= 15 is 0 Å². The summed E-state index contributed by atoms with van der Waals surface area (Å²) in [6.07, 6.45) is 2.62. The minimum atomic E-state index is -0.352. The van der Waals surface area contributed by atoms with E-state index in [1.165, 1.54) is 16.9 Å². The monoisotopic (exact) mass is 403 g/mol. The first kappa shape index (κ1) is 20.3. The summed E-state index contributed by atoms with van der Waals surface area (Å²) in [6.45, 7) is 4.23. The molecule has 29 heavy (non-hydrogen) atoms. The van der Waals surface area contributed by atoms with E-state index in [9.17, 15) is 10.1 Å². The number of esters is 1. The van der Waals surface area contributed by atoms with Gasteiger partial charge in [0.15, 0.2) is 0 Å². The van der Waals surface area contributed by atoms with Crippen molar-refractivity contribution < 1.29 is 9.53 Å². The second-order valence-corrected chi connectivity index (χ2v) is 7.06. The van der Waals surface area contributed by atoms with Gasteiger partial charge in [0.1, 0.15) is 16.6 Å². The predicted octanol–water partition coefficient (Wildman–Crippen LogP) is 5.53. The molecule has 3 rings (SSSR count). The molecule has 5 nitrogen and oxygen atoms in total. The van der Waals surface area contributed by atoms with Crippen LogP contribution in [0.1, 0.15) is 34.8 Å². The summed E-state index contributed by atoms with van der Waals surface area (Å²) in [6, 6.07) is 17.4. The van der Waals surface area contributed by atoms with Crippen molar-refractivity contribution in [3.63, 3.8) is 0 Å². The van der Waals surface area contributed by atoms with Crippen LogP contribution >= 0.6 is 11.3 Å². The SMILES string of the molecule is CCOC(=O)c1ccc(N/C=C(\C#N)c2nc(-c3ccc(CC)cc3)cs2)cc1. The van der Waals surface area contributed by atoms with Crippen LogP contribution in [0.2, 0.25) is 0 Å². The van der Waals surface area contributed by atoms with Crippen LogP contribution in [0.25, 0.3) is 16.8 Å². The molecule has 0 fully saturated rings. The highest BCUT2D eigenvalue weighted by Crippen LogP contribution is 2.26. The number of hydrogen-bond acceptors (Lipinski definition) is 6. The molecule has 0 saturated heterocycles. The van der Waals surface area contributed by atoms with Crippen LogP contribution in [0.5, 0.6) is 0 Å². The lowest BCUT2D eigenvalue weighted by Gasteiger charge is -2.04. The number of carbonyl (C=O) groups excluding carboxylic acids is 1. The van der Waals surface area contributed by atoms with Gasteiger partial charge < -0.3 is 10.1 Å². The fourth-order valence-corrected chi connectivity index (χ4v) is 3.45. The molecule has 0 atom stereocenters. The lowest BCUT2D eigenvalue weighted by molar-refractivity contribution is 0.0526. The van der Waals surface area contributed by atoms with Crippen molar-refractivity contribution in [2.45, 2.75) is 20.3 Å². The summed E-state index contributed by atoms with van der Waals surface area (Å²) < 4.78 is 4.97. The Labute approximate surface area is 174 Å². The maximum absolute atomic E-state index is 11.7. The van der Waals surface area contributed by atoms with Gasteiger partial charge >= 0.3 is 5.97 Å². The molecular formula is C23H21N3O2S. The van der Waals surface area contributed by atoms with E-state index in [1.807, 2.05) is 5.38 Å². The van der Waals surface area contributed by atoms with Crippen LogP contribution in [0.15, 0.2) is 60.1 Å². The molecule has 0 aliphatic carbocycles. The summed E-state index contributed by atoms with van der Waals surface area (Å²) in [7, 11) is 0. The number of aryl methyl sites for hydroxylation is 1. The maximum Gasteiger partial charge on any atom is 0.338 e. The van der Waals surface area contributed by atoms with Crippen molar-refractivity contribution in [3.05, 3.63) is 76.2 Å². The van der Waals surface area contributed by atoms with Gasteiger partial charge in [-0.1, -0.05) is 31.2 Å². The van der Waals surface area contributed by atoms with Gasteiger partial charge in [0.2, 0.25) is 0 Å². The van der Waals surface area contributed by atoms with Gasteiger partial charge in [0, 0.05) is 22.8 Å². The topological polar surface area (TPSA) is 75.0 Å². The lowest BCUT2D eigenvalue weighted by Crippen LogP contribution is -2.04. The summed E-state index contributed by atoms with van der Waals surface area (Å²) in [5.41, 5.74) is 4.86. The smallest absolute Gasteiger partial charge is 0.338 e. The first-order valence-electron chi connectivity index (χ1n) is 9.33. The maximum atomic E-state index is 11.7. The van der Waals surface area contributed by atoms with Crippen molar-refractivity contribution in [2.75, 3.05) is 11.9 Å². The second-order valence-electron chi connectivity index (χ2n) is 6.20. The van der Waals surface area contributed by atoms with E-state index < -0.39 is 0 Å². The molecule has 0 aliphatic heterocycles. The zero-order valence-electron chi connectivity index (χ0n) is 16.3. The molecule has 1 aromatic heterocycles. The highest BCUT2D eigenvalue weighted by Gasteiger charge is 2.09. The van der Waals surface area contributed by atoms with Gasteiger partial charge in [-0.05, 0) is 43.2 Å². The highest BCUT2D eigenvalue weighted by atomic mass is 32.1. The van der Waals surface area contributed by atoms with E-state index in [2.05, 4.69) is 47.6 Å². The van der Waals surface area contributed by atoms with Crippen molar-refractivity contribution in [1.29, 1.82) is 5.26 Å². The van der Waals surface area contributed by atoms with Crippen molar-refractivity contribution >= 4 is 28.6 Å². The molecule has 0 radical (unpaired) electrons. The Hall–Kier alpha value is -3.43. The Morgan fingerprint density at radius 2 is 1.90 bits per heavy atom. The number of benzene rings is 2. The van der Waals surface area contributed by atoms with Gasteiger partial charge in [-0.2, -0.15) is 5.26 Å². The molecule has 3 aromatic rings. The van der Waals surface area contributed by atoms with Crippen molar-refractivity contribution in [1.82, 2.24) is 4.98 Å². The molecule has 0 spiro atoms. The average molecular weight is 404 g/mol. The standard InChI is InChI=1S/C23H21N3O2S/c1-3-16-5-7-17(8-6-16)21-15-29-22(26-21)19(13-24)14-25-20-11-9-18(10-12-20)23(27)28-4-2/h5-12,14-15,25H,3-4H2,1-2H3/b19-14+. The lowest BCUT2D eigenvalue weighted by atomic mass is 10.1. The zero-order valence-corrected chi connectivity index (χ0v) is 17.1. The third kappa shape index (κ3) is 5.09. The van der Waals surface area contributed by atoms with E-state index in [0.29, 0.717) is 22.8 Å². The molecule has 6 heteroatoms. The molecule has 0 aliphatic rings. The van der Waals surface area contributed by atoms with Crippen LogP contribution in [0.3, 0.4) is 0 Å². The molecule has 0 amide bonds. The molecule has 0 unspecified atom stereocenters. The predicted molar refractivity (Wildman–Crippen MR) is 117 cm³/mol. The molecule has 0 saturated carbocycles. The average Bonchev–Trinajstić information content (AvgIpc) is 3.25. The van der Waals surface area contributed by atoms with Crippen molar-refractivity contribution in [3.8, 4) is 17.3 Å². The number of nitriles is 1. The summed E-state index contributed by atoms with van der Waals surface area (Å²) in [4.78, 5) is 16.3. The van der Waals surface area contributed by atoms with Crippen LogP contribution in [-0.2, 0) is 11.2 Å². The summed E-state index contributed by atoms with van der Waals surface area (Å²) >= 11 is 1.43. The Balaban J connectivity index is 1.72. The van der Waals surface area contributed by atoms with Crippen molar-refractivity contribution in [2.24, 2.45) is 0 Å². The molecule has 1 N–H and O–H groups in total. The number of anilines is 1. The van der Waals surface area contributed by atoms with Crippen LogP contribution in [-0.4, -0.2) is 17.6 Å². The first-order chi connectivity index (χ1) is 14.1. The van der Waals surface area contributed by atoms with Crippen LogP contribution < -0.4 is 5.32 Å². The fourth-order valence-electron chi connectivity index (χ4n) is 2.66. The number of aromatic nitrogens is 1. The van der Waals surface area contributed by atoms with Gasteiger partial charge in [-0.3, -0.25) is 0 Å². The van der Waals surface area contributed by atoms with Crippen LogP contribution in [0.4, 0.5) is 5.69 Å². The van der Waals surface area contributed by atoms with Gasteiger partial charge in [0.25, 0.3) is 0 Å². The second kappa shape index (κ2) is 9.67. The summed E-state index contributed by atoms with van der Waals surface area (Å²) in [5.74, 6) is -0.352. The third-order valence-electron chi connectivity index (χ3n) is 4.29. The number of rotatable bonds is 7. The van der Waals surface area contributed by atoms with E-state index in [0.717, 1.165) is 23.4 Å². The number of nitrogens with zero attached hydrogens (tertiary/aromatic N) is 2.